The Morgan fingerprint density at radius 2 is 0.500 bits per heavy atom. The summed E-state index contributed by atoms with van der Waals surface area (Å²) in [5, 5.41) is 0. The van der Waals surface area contributed by atoms with E-state index in [9.17, 15) is 0 Å². The van der Waals surface area contributed by atoms with Crippen molar-refractivity contribution in [3.05, 3.63) is 419 Å². The van der Waals surface area contributed by atoms with Crippen molar-refractivity contribution in [3.63, 3.8) is 0 Å². The standard InChI is InChI=1S/C63H64N2.C61H60N2/c1-7-9-10-46-17-27-53(28-18-46)65(54-29-21-50(22-30-54)63-40-47-35-48(41-63)39-62(38-47,42-63)49-19-15-45(8-2)16-20-49)56-32-34-58-57-33-31-55(36-59(57)61(5,6)60(58)37-56)64(51-23-11-43(3)12-24-51)52-25-13-44(4)14-26-52;1-5-7-14-44-21-27-51(28-22-44)63(52-29-25-48(26-30-52)61-40-45-35-46(41-61)39-60(38-45,42-61)47-23-19-43(6-2)20-24-47)54-32-34-56-55-33-31-53(36-57(55)59(3,4)58(56)37-54)62(49-15-10-8-11-16-49)50-17-12-9-13-18-50/h8,11-34,36-37,47-48H,2,7,9-10,35,38-42H2,1,3-6H3;6,8-13,15-34,36-37,45-46H,2,5,7,14,35,38-42H2,1,3-4H3. The van der Waals surface area contributed by atoms with Gasteiger partial charge in [0, 0.05) is 79.1 Å². The molecule has 14 aromatic rings. The maximum atomic E-state index is 4.03. The van der Waals surface area contributed by atoms with Crippen molar-refractivity contribution >= 4 is 80.4 Å². The highest BCUT2D eigenvalue weighted by molar-refractivity contribution is 5.91. The van der Waals surface area contributed by atoms with Crippen LogP contribution in [0, 0.1) is 37.5 Å². The number of para-hydroxylation sites is 2. The van der Waals surface area contributed by atoms with Crippen LogP contribution in [-0.4, -0.2) is 0 Å². The topological polar surface area (TPSA) is 13.0 Å². The summed E-state index contributed by atoms with van der Waals surface area (Å²) in [6, 6.07) is 125. The molecule has 8 bridgehead atoms. The van der Waals surface area contributed by atoms with Crippen LogP contribution in [0.25, 0.3) is 34.4 Å². The fourth-order valence-corrected chi connectivity index (χ4v) is 26.4. The van der Waals surface area contributed by atoms with Crippen LogP contribution in [-0.2, 0) is 45.3 Å². The van der Waals surface area contributed by atoms with E-state index in [1.54, 1.807) is 22.3 Å². The van der Waals surface area contributed by atoms with Gasteiger partial charge in [-0.3, -0.25) is 0 Å². The van der Waals surface area contributed by atoms with Crippen LogP contribution in [0.5, 0.6) is 0 Å². The molecule has 0 spiro atoms. The summed E-state index contributed by atoms with van der Waals surface area (Å²) in [5.41, 5.74) is 39.7. The summed E-state index contributed by atoms with van der Waals surface area (Å²) < 4.78 is 0. The van der Waals surface area contributed by atoms with E-state index < -0.39 is 0 Å². The lowest BCUT2D eigenvalue weighted by molar-refractivity contribution is -0.0282. The van der Waals surface area contributed by atoms with Gasteiger partial charge in [-0.25, -0.2) is 0 Å². The first-order valence-corrected chi connectivity index (χ1v) is 48.2. The van der Waals surface area contributed by atoms with Gasteiger partial charge in [0.05, 0.1) is 0 Å². The first-order chi connectivity index (χ1) is 62.3. The van der Waals surface area contributed by atoms with Gasteiger partial charge >= 0.3 is 0 Å². The van der Waals surface area contributed by atoms with Crippen molar-refractivity contribution in [1.29, 1.82) is 0 Å². The number of benzene rings is 14. The van der Waals surface area contributed by atoms with E-state index in [4.69, 9.17) is 0 Å². The summed E-state index contributed by atoms with van der Waals surface area (Å²) >= 11 is 0. The van der Waals surface area contributed by atoms with E-state index in [-0.39, 0.29) is 32.5 Å². The third-order valence-corrected chi connectivity index (χ3v) is 32.1. The minimum absolute atomic E-state index is 0.199. The molecule has 8 saturated carbocycles. The lowest BCUT2D eigenvalue weighted by Gasteiger charge is -2.63. The molecule has 4 unspecified atom stereocenters. The van der Waals surface area contributed by atoms with Crippen LogP contribution in [0.1, 0.15) is 222 Å². The van der Waals surface area contributed by atoms with Crippen molar-refractivity contribution in [1.82, 2.24) is 0 Å². The summed E-state index contributed by atoms with van der Waals surface area (Å²) in [6.07, 6.45) is 27.1. The van der Waals surface area contributed by atoms with Crippen LogP contribution < -0.4 is 19.6 Å². The van der Waals surface area contributed by atoms with Gasteiger partial charge in [-0.05, 0) is 397 Å². The SMILES string of the molecule is C=Cc1ccc(C23CC4CC(C2)CC(c2ccc(N(c5ccc(CCCC)cc5)c5ccc6c(c5)C(C)(C)c5cc(N(c7ccc(C)cc7)c7ccc(C)cc7)ccc5-6)cc2)(C4)C3)cc1.C=Cc1ccc(C23CC4CC(C2)CC(c2ccc(N(c5ccc(CCCC)cc5)c5ccc6c(c5)C(C)(C)c5cc(N(c7ccccc7)c7ccccc7)ccc5-6)cc2)(C4)C3)cc1. The zero-order valence-electron chi connectivity index (χ0n) is 76.6. The first-order valence-electron chi connectivity index (χ1n) is 48.2. The molecule has 4 nitrogen and oxygen atoms in total. The van der Waals surface area contributed by atoms with E-state index in [0.717, 1.165) is 47.9 Å². The summed E-state index contributed by atoms with van der Waals surface area (Å²) in [4.78, 5) is 9.80. The van der Waals surface area contributed by atoms with Gasteiger partial charge in [0.2, 0.25) is 0 Å². The van der Waals surface area contributed by atoms with Crippen molar-refractivity contribution in [2.45, 2.75) is 203 Å². The minimum Gasteiger partial charge on any atom is -0.310 e. The summed E-state index contributed by atoms with van der Waals surface area (Å²) in [7, 11) is 0. The molecule has 24 rings (SSSR count). The third kappa shape index (κ3) is 14.9. The second-order valence-electron chi connectivity index (χ2n) is 41.2. The second kappa shape index (κ2) is 33.1. The van der Waals surface area contributed by atoms with Crippen LogP contribution in [0.4, 0.5) is 68.2 Å². The van der Waals surface area contributed by atoms with E-state index in [1.807, 2.05) is 12.2 Å². The first kappa shape index (κ1) is 82.7. The summed E-state index contributed by atoms with van der Waals surface area (Å²) in [5.74, 6) is 3.23. The van der Waals surface area contributed by atoms with E-state index in [1.165, 1.54) is 237 Å². The smallest absolute Gasteiger partial charge is 0.0465 e. The molecule has 8 fully saturated rings. The van der Waals surface area contributed by atoms with Gasteiger partial charge in [0.15, 0.2) is 0 Å². The highest BCUT2D eigenvalue weighted by Crippen LogP contribution is 2.69. The number of fused-ring (bicyclic) bond motifs is 6. The van der Waals surface area contributed by atoms with Crippen molar-refractivity contribution in [2.75, 3.05) is 19.6 Å². The largest absolute Gasteiger partial charge is 0.310 e. The van der Waals surface area contributed by atoms with Gasteiger partial charge in [-0.2, -0.15) is 0 Å². The van der Waals surface area contributed by atoms with Crippen LogP contribution in [0.2, 0.25) is 0 Å². The zero-order chi connectivity index (χ0) is 87.3. The third-order valence-electron chi connectivity index (χ3n) is 32.1. The highest BCUT2D eigenvalue weighted by atomic mass is 15.2. The molecule has 0 N–H and O–H groups in total. The lowest BCUT2D eigenvalue weighted by Crippen LogP contribution is -2.55. The Hall–Kier alpha value is -12.2. The molecular weight excluding hydrogens is 1550 g/mol. The molecule has 10 aliphatic carbocycles. The van der Waals surface area contributed by atoms with Gasteiger partial charge in [0.1, 0.15) is 0 Å². The highest BCUT2D eigenvalue weighted by Gasteiger charge is 2.60. The van der Waals surface area contributed by atoms with E-state index in [2.05, 4.69) is 416 Å². The summed E-state index contributed by atoms with van der Waals surface area (Å²) in [6.45, 7) is 26.6. The van der Waals surface area contributed by atoms with Gasteiger partial charge in [0.25, 0.3) is 0 Å². The molecule has 0 radical (unpaired) electrons. The Labute approximate surface area is 762 Å². The van der Waals surface area contributed by atoms with Crippen LogP contribution >= 0.6 is 0 Å². The molecular formula is C124H124N4. The number of hydrogen-bond acceptors (Lipinski definition) is 4. The van der Waals surface area contributed by atoms with E-state index in [0.29, 0.717) is 0 Å². The van der Waals surface area contributed by atoms with Gasteiger partial charge in [-0.1, -0.05) is 273 Å². The molecule has 0 aromatic heterocycles. The second-order valence-corrected chi connectivity index (χ2v) is 41.2. The Bertz CT molecular complexity index is 6300. The molecule has 0 heterocycles. The lowest BCUT2D eigenvalue weighted by atomic mass is 9.41. The normalized spacial score (nSPS) is 22.2. The molecule has 14 aromatic carbocycles. The molecule has 4 atom stereocenters. The van der Waals surface area contributed by atoms with Crippen molar-refractivity contribution in [2.24, 2.45) is 23.7 Å². The maximum Gasteiger partial charge on any atom is 0.0465 e. The average Bonchev–Trinajstić information content (AvgIpc) is 1.05. The van der Waals surface area contributed by atoms with Gasteiger partial charge < -0.3 is 19.6 Å². The average molecular weight is 1670 g/mol. The minimum atomic E-state index is -0.205. The number of nitrogens with zero attached hydrogens (tertiary/aromatic N) is 4. The number of anilines is 12. The molecule has 640 valence electrons. The number of rotatable bonds is 24. The van der Waals surface area contributed by atoms with Crippen molar-refractivity contribution < 1.29 is 0 Å². The fraction of sp³-hybridized carbons (Fsp3) is 0.290. The molecule has 0 saturated heterocycles. The quantitative estimate of drug-likeness (QED) is 0.0598. The molecule has 128 heavy (non-hydrogen) atoms. The van der Waals surface area contributed by atoms with Crippen LogP contribution in [0.3, 0.4) is 0 Å². The Morgan fingerprint density at radius 3 is 0.750 bits per heavy atom. The van der Waals surface area contributed by atoms with Crippen molar-refractivity contribution in [3.8, 4) is 22.3 Å². The Kier molecular flexibility index (Phi) is 21.4. The van der Waals surface area contributed by atoms with E-state index >= 15 is 0 Å². The number of hydrogen-bond donors (Lipinski definition) is 0. The molecule has 0 amide bonds. The molecule has 10 aliphatic rings. The Morgan fingerprint density at radius 1 is 0.273 bits per heavy atom. The predicted molar refractivity (Wildman–Crippen MR) is 543 cm³/mol. The number of unbranched alkanes of at least 4 members (excludes halogenated alkanes) is 2. The molecule has 4 heteroatoms. The van der Waals surface area contributed by atoms with Gasteiger partial charge in [-0.15, -0.1) is 0 Å². The maximum absolute atomic E-state index is 4.03. The number of aryl methyl sites for hydroxylation is 4. The Balaban J connectivity index is 0.000000156. The zero-order valence-corrected chi connectivity index (χ0v) is 76.6. The fourth-order valence-electron chi connectivity index (χ4n) is 26.4. The predicted octanol–water partition coefficient (Wildman–Crippen LogP) is 34.0. The molecule has 0 aliphatic heterocycles. The van der Waals surface area contributed by atoms with Crippen LogP contribution in [0.15, 0.2) is 341 Å². The monoisotopic (exact) mass is 1670 g/mol.